The standard InChI is InChI=1S/C20H27FN4S.HI/c1-15-13-24-18(26-15)9-12-23-19(22-2)25-14-20(10-3-4-11-20)16-5-7-17(21)8-6-16;/h5-8,13H,3-4,9-12,14H2,1-2H3,(H2,22,23,25);1H. The summed E-state index contributed by atoms with van der Waals surface area (Å²) < 4.78 is 13.3. The van der Waals surface area contributed by atoms with Crippen LogP contribution in [-0.2, 0) is 11.8 Å². The van der Waals surface area contributed by atoms with Crippen LogP contribution in [0.1, 0.15) is 41.1 Å². The molecule has 0 radical (unpaired) electrons. The summed E-state index contributed by atoms with van der Waals surface area (Å²) in [6.45, 7) is 3.69. The molecule has 0 unspecified atom stereocenters. The number of guanidine groups is 1. The topological polar surface area (TPSA) is 49.3 Å². The molecule has 2 aromatic rings. The van der Waals surface area contributed by atoms with Crippen LogP contribution in [0.4, 0.5) is 4.39 Å². The van der Waals surface area contributed by atoms with E-state index >= 15 is 0 Å². The van der Waals surface area contributed by atoms with Crippen LogP contribution in [0.2, 0.25) is 0 Å². The second-order valence-electron chi connectivity index (χ2n) is 6.96. The minimum absolute atomic E-state index is 0. The third kappa shape index (κ3) is 5.88. The maximum absolute atomic E-state index is 13.3. The normalized spacial score (nSPS) is 16.0. The Morgan fingerprint density at radius 2 is 1.93 bits per heavy atom. The van der Waals surface area contributed by atoms with E-state index in [2.05, 4.69) is 27.5 Å². The number of aromatic nitrogens is 1. The Bertz CT molecular complexity index is 739. The summed E-state index contributed by atoms with van der Waals surface area (Å²) >= 11 is 1.74. The molecule has 4 nitrogen and oxygen atoms in total. The molecule has 1 heterocycles. The molecule has 0 bridgehead atoms. The van der Waals surface area contributed by atoms with Crippen LogP contribution in [0.15, 0.2) is 35.5 Å². The predicted octanol–water partition coefficient (Wildman–Crippen LogP) is 4.43. The quantitative estimate of drug-likeness (QED) is 0.349. The van der Waals surface area contributed by atoms with Crippen molar-refractivity contribution in [2.24, 2.45) is 4.99 Å². The lowest BCUT2D eigenvalue weighted by molar-refractivity contribution is 0.431. The second kappa shape index (κ2) is 10.4. The number of halogens is 2. The molecule has 1 saturated carbocycles. The molecule has 148 valence electrons. The number of aryl methyl sites for hydroxylation is 1. The zero-order valence-corrected chi connectivity index (χ0v) is 19.1. The van der Waals surface area contributed by atoms with Crippen molar-refractivity contribution in [3.8, 4) is 0 Å². The van der Waals surface area contributed by atoms with E-state index in [4.69, 9.17) is 0 Å². The highest BCUT2D eigenvalue weighted by Crippen LogP contribution is 2.40. The van der Waals surface area contributed by atoms with Gasteiger partial charge in [-0.3, -0.25) is 4.99 Å². The lowest BCUT2D eigenvalue weighted by atomic mass is 9.79. The van der Waals surface area contributed by atoms with Gasteiger partial charge in [0.05, 0.1) is 5.01 Å². The number of rotatable bonds is 6. The fourth-order valence-corrected chi connectivity index (χ4v) is 4.49. The number of hydrogen-bond acceptors (Lipinski definition) is 3. The van der Waals surface area contributed by atoms with Gasteiger partial charge in [-0.05, 0) is 37.5 Å². The van der Waals surface area contributed by atoms with E-state index in [9.17, 15) is 4.39 Å². The smallest absolute Gasteiger partial charge is 0.191 e. The van der Waals surface area contributed by atoms with Crippen molar-refractivity contribution >= 4 is 41.3 Å². The first-order chi connectivity index (χ1) is 12.6. The first-order valence-electron chi connectivity index (χ1n) is 9.23. The summed E-state index contributed by atoms with van der Waals surface area (Å²) in [4.78, 5) is 9.98. The molecule has 7 heteroatoms. The third-order valence-electron chi connectivity index (χ3n) is 5.14. The number of hydrogen-bond donors (Lipinski definition) is 2. The highest BCUT2D eigenvalue weighted by molar-refractivity contribution is 14.0. The maximum Gasteiger partial charge on any atom is 0.191 e. The Kier molecular flexibility index (Phi) is 8.47. The van der Waals surface area contributed by atoms with Gasteiger partial charge < -0.3 is 10.6 Å². The first-order valence-corrected chi connectivity index (χ1v) is 10.0. The van der Waals surface area contributed by atoms with E-state index in [1.807, 2.05) is 18.3 Å². The largest absolute Gasteiger partial charge is 0.356 e. The van der Waals surface area contributed by atoms with Crippen LogP contribution in [0.5, 0.6) is 0 Å². The molecule has 0 saturated heterocycles. The van der Waals surface area contributed by atoms with Gasteiger partial charge in [0, 0.05) is 43.0 Å². The van der Waals surface area contributed by atoms with Crippen LogP contribution in [0, 0.1) is 12.7 Å². The molecule has 1 aromatic heterocycles. The van der Waals surface area contributed by atoms with Crippen LogP contribution in [0.25, 0.3) is 0 Å². The molecule has 0 aliphatic heterocycles. The van der Waals surface area contributed by atoms with E-state index in [0.29, 0.717) is 0 Å². The molecular formula is C20H28FIN4S. The monoisotopic (exact) mass is 502 g/mol. The summed E-state index contributed by atoms with van der Waals surface area (Å²) in [5.41, 5.74) is 1.29. The Balaban J connectivity index is 0.00000261. The molecule has 3 rings (SSSR count). The van der Waals surface area contributed by atoms with Gasteiger partial charge in [0.25, 0.3) is 0 Å². The van der Waals surface area contributed by atoms with E-state index in [-0.39, 0.29) is 35.2 Å². The third-order valence-corrected chi connectivity index (χ3v) is 6.11. The molecule has 0 amide bonds. The lowest BCUT2D eigenvalue weighted by Gasteiger charge is -2.30. The molecule has 1 aliphatic rings. The van der Waals surface area contributed by atoms with E-state index in [0.717, 1.165) is 43.3 Å². The van der Waals surface area contributed by atoms with Gasteiger partial charge in [0.2, 0.25) is 0 Å². The van der Waals surface area contributed by atoms with Crippen LogP contribution in [0.3, 0.4) is 0 Å². The average Bonchev–Trinajstić information content (AvgIpc) is 3.28. The highest BCUT2D eigenvalue weighted by atomic mass is 127. The van der Waals surface area contributed by atoms with E-state index in [1.54, 1.807) is 30.5 Å². The maximum atomic E-state index is 13.3. The zero-order chi connectivity index (χ0) is 18.4. The highest BCUT2D eigenvalue weighted by Gasteiger charge is 2.35. The number of aliphatic imine (C=N–C) groups is 1. The minimum Gasteiger partial charge on any atom is -0.356 e. The second-order valence-corrected chi connectivity index (χ2v) is 8.28. The minimum atomic E-state index is -0.176. The van der Waals surface area contributed by atoms with Crippen molar-refractivity contribution in [3.63, 3.8) is 0 Å². The van der Waals surface area contributed by atoms with Crippen LogP contribution >= 0.6 is 35.3 Å². The van der Waals surface area contributed by atoms with Crippen LogP contribution < -0.4 is 10.6 Å². The number of nitrogens with zero attached hydrogens (tertiary/aromatic N) is 2. The predicted molar refractivity (Wildman–Crippen MR) is 122 cm³/mol. The van der Waals surface area contributed by atoms with Crippen molar-refractivity contribution in [2.45, 2.75) is 44.4 Å². The van der Waals surface area contributed by atoms with Gasteiger partial charge in [-0.25, -0.2) is 9.37 Å². The molecule has 27 heavy (non-hydrogen) atoms. The SMILES string of the molecule is CN=C(NCCc1ncc(C)s1)NCC1(c2ccc(F)cc2)CCCC1.I. The van der Waals surface area contributed by atoms with Gasteiger partial charge in [-0.1, -0.05) is 25.0 Å². The molecule has 1 aromatic carbocycles. The fraction of sp³-hybridized carbons (Fsp3) is 0.500. The zero-order valence-electron chi connectivity index (χ0n) is 15.9. The number of benzene rings is 1. The fourth-order valence-electron chi connectivity index (χ4n) is 3.70. The van der Waals surface area contributed by atoms with Gasteiger partial charge in [-0.15, -0.1) is 35.3 Å². The van der Waals surface area contributed by atoms with E-state index < -0.39 is 0 Å². The summed E-state index contributed by atoms with van der Waals surface area (Å²) in [6.07, 6.45) is 7.49. The summed E-state index contributed by atoms with van der Waals surface area (Å²) in [7, 11) is 1.79. The Morgan fingerprint density at radius 1 is 1.22 bits per heavy atom. The summed E-state index contributed by atoms with van der Waals surface area (Å²) in [5, 5.41) is 8.00. The Morgan fingerprint density at radius 3 is 2.52 bits per heavy atom. The van der Waals surface area contributed by atoms with Gasteiger partial charge in [-0.2, -0.15) is 0 Å². The van der Waals surface area contributed by atoms with Crippen molar-refractivity contribution in [1.82, 2.24) is 15.6 Å². The van der Waals surface area contributed by atoms with Crippen molar-refractivity contribution in [3.05, 3.63) is 51.7 Å². The van der Waals surface area contributed by atoms with Gasteiger partial charge in [0.1, 0.15) is 5.82 Å². The van der Waals surface area contributed by atoms with Gasteiger partial charge >= 0.3 is 0 Å². The number of thiazole rings is 1. The van der Waals surface area contributed by atoms with Crippen LogP contribution in [-0.4, -0.2) is 31.1 Å². The van der Waals surface area contributed by atoms with E-state index in [1.165, 1.54) is 23.3 Å². The lowest BCUT2D eigenvalue weighted by Crippen LogP contribution is -2.45. The molecule has 0 atom stereocenters. The first kappa shape index (κ1) is 22.1. The van der Waals surface area contributed by atoms with Crippen molar-refractivity contribution < 1.29 is 4.39 Å². The Hall–Kier alpha value is -1.22. The molecule has 2 N–H and O–H groups in total. The molecule has 1 fully saturated rings. The average molecular weight is 502 g/mol. The summed E-state index contributed by atoms with van der Waals surface area (Å²) in [6, 6.07) is 7.00. The Labute approximate surface area is 182 Å². The van der Waals surface area contributed by atoms with Gasteiger partial charge in [0.15, 0.2) is 5.96 Å². The molecule has 0 spiro atoms. The number of nitrogens with one attached hydrogen (secondary N) is 2. The van der Waals surface area contributed by atoms with Crippen molar-refractivity contribution in [1.29, 1.82) is 0 Å². The van der Waals surface area contributed by atoms with Crippen molar-refractivity contribution in [2.75, 3.05) is 20.1 Å². The molecule has 1 aliphatic carbocycles. The molecular weight excluding hydrogens is 474 g/mol. The summed E-state index contributed by atoms with van der Waals surface area (Å²) in [5.74, 6) is 0.636.